The number of hydrogen-bond acceptors (Lipinski definition) is 8. The van der Waals surface area contributed by atoms with Crippen molar-refractivity contribution in [2.24, 2.45) is 4.99 Å². The van der Waals surface area contributed by atoms with Gasteiger partial charge in [-0.1, -0.05) is 18.2 Å². The maximum absolute atomic E-state index is 13.5. The molecule has 9 nitrogen and oxygen atoms in total. The van der Waals surface area contributed by atoms with E-state index in [0.717, 1.165) is 0 Å². The first kappa shape index (κ1) is 23.4. The number of benzene rings is 3. The molecule has 3 aromatic rings. The Morgan fingerprint density at radius 3 is 2.43 bits per heavy atom. The van der Waals surface area contributed by atoms with Crippen molar-refractivity contribution in [3.05, 3.63) is 99.0 Å². The van der Waals surface area contributed by atoms with Crippen molar-refractivity contribution in [3.63, 3.8) is 0 Å². The van der Waals surface area contributed by atoms with Crippen LogP contribution in [0.2, 0.25) is 0 Å². The van der Waals surface area contributed by atoms with E-state index in [1.54, 1.807) is 30.3 Å². The molecule has 35 heavy (non-hydrogen) atoms. The summed E-state index contributed by atoms with van der Waals surface area (Å²) < 4.78 is 35.4. The zero-order chi connectivity index (χ0) is 24.9. The molecule has 178 valence electrons. The number of hydrogen-bond donors (Lipinski definition) is 0. The summed E-state index contributed by atoms with van der Waals surface area (Å²) in [5.41, 5.74) is 1.27. The van der Waals surface area contributed by atoms with Crippen LogP contribution in [0.4, 0.5) is 10.1 Å². The Kier molecular flexibility index (Phi) is 6.72. The van der Waals surface area contributed by atoms with Gasteiger partial charge in [-0.3, -0.25) is 10.1 Å². The number of carbonyl (C=O) groups excluding carboxylic acids is 1. The van der Waals surface area contributed by atoms with Gasteiger partial charge in [0.05, 0.1) is 19.1 Å². The van der Waals surface area contributed by atoms with E-state index in [1.807, 2.05) is 0 Å². The molecule has 1 heterocycles. The number of rotatable bonds is 8. The summed E-state index contributed by atoms with van der Waals surface area (Å²) in [6, 6.07) is 14.9. The number of nitro groups is 1. The first-order valence-corrected chi connectivity index (χ1v) is 10.3. The lowest BCUT2D eigenvalue weighted by molar-refractivity contribution is -0.384. The zero-order valence-electron chi connectivity index (χ0n) is 18.7. The molecule has 1 aliphatic heterocycles. The monoisotopic (exact) mass is 478 g/mol. The summed E-state index contributed by atoms with van der Waals surface area (Å²) in [5.74, 6) is -0.185. The van der Waals surface area contributed by atoms with Crippen LogP contribution < -0.4 is 14.2 Å². The van der Waals surface area contributed by atoms with Crippen LogP contribution in [-0.2, 0) is 16.1 Å². The Bertz CT molecular complexity index is 1340. The Hall–Kier alpha value is -4.73. The van der Waals surface area contributed by atoms with Gasteiger partial charge in [0, 0.05) is 17.7 Å². The van der Waals surface area contributed by atoms with Crippen LogP contribution in [0.15, 0.2) is 71.4 Å². The van der Waals surface area contributed by atoms with Crippen LogP contribution in [0.3, 0.4) is 0 Å². The van der Waals surface area contributed by atoms with Crippen molar-refractivity contribution in [3.8, 4) is 17.2 Å². The summed E-state index contributed by atoms with van der Waals surface area (Å²) >= 11 is 0. The second kappa shape index (κ2) is 10.0. The molecule has 0 aromatic heterocycles. The molecule has 0 saturated heterocycles. The summed E-state index contributed by atoms with van der Waals surface area (Å²) in [7, 11) is 2.90. The van der Waals surface area contributed by atoms with E-state index in [9.17, 15) is 19.3 Å². The topological polar surface area (TPSA) is 109 Å². The minimum atomic E-state index is -0.712. The van der Waals surface area contributed by atoms with Gasteiger partial charge in [-0.05, 0) is 47.5 Å². The van der Waals surface area contributed by atoms with Gasteiger partial charge in [-0.25, -0.2) is 14.2 Å². The summed E-state index contributed by atoms with van der Waals surface area (Å²) in [5, 5.41) is 11.0. The largest absolute Gasteiger partial charge is 0.493 e. The Labute approximate surface area is 199 Å². The van der Waals surface area contributed by atoms with Crippen molar-refractivity contribution >= 4 is 23.6 Å². The molecule has 0 amide bonds. The van der Waals surface area contributed by atoms with Crippen LogP contribution in [-0.4, -0.2) is 31.0 Å². The predicted molar refractivity (Wildman–Crippen MR) is 124 cm³/mol. The van der Waals surface area contributed by atoms with Gasteiger partial charge < -0.3 is 18.9 Å². The SMILES string of the molecule is COc1cc(/C=C2\N=C(c3cccc([N+](=O)[O-])c3)OC2=O)cc(OC)c1OCc1cccc(F)c1. The van der Waals surface area contributed by atoms with E-state index < -0.39 is 10.9 Å². The third-order valence-corrected chi connectivity index (χ3v) is 4.98. The Balaban J connectivity index is 1.63. The zero-order valence-corrected chi connectivity index (χ0v) is 18.7. The second-order valence-corrected chi connectivity index (χ2v) is 7.32. The quantitative estimate of drug-likeness (QED) is 0.200. The smallest absolute Gasteiger partial charge is 0.363 e. The van der Waals surface area contributed by atoms with Gasteiger partial charge >= 0.3 is 5.97 Å². The molecule has 4 rings (SSSR count). The maximum Gasteiger partial charge on any atom is 0.363 e. The standard InChI is InChI=1S/C25H19FN2O7/c1-32-21-11-16(12-22(33-2)23(21)34-14-15-5-3-7-18(26)9-15)10-20-25(29)35-24(27-20)17-6-4-8-19(13-17)28(30)31/h3-13H,14H2,1-2H3/b20-10-. The highest BCUT2D eigenvalue weighted by Gasteiger charge is 2.26. The first-order chi connectivity index (χ1) is 16.9. The lowest BCUT2D eigenvalue weighted by Crippen LogP contribution is -2.05. The average Bonchev–Trinajstić information content (AvgIpc) is 3.22. The number of nitrogens with zero attached hydrogens (tertiary/aromatic N) is 2. The lowest BCUT2D eigenvalue weighted by Gasteiger charge is -2.15. The number of carbonyl (C=O) groups is 1. The number of halogens is 1. The molecule has 0 spiro atoms. The fourth-order valence-corrected chi connectivity index (χ4v) is 3.35. The molecule has 1 aliphatic rings. The van der Waals surface area contributed by atoms with Crippen LogP contribution in [0, 0.1) is 15.9 Å². The molecule has 0 bridgehead atoms. The normalized spacial score (nSPS) is 13.9. The van der Waals surface area contributed by atoms with E-state index in [-0.39, 0.29) is 29.7 Å². The second-order valence-electron chi connectivity index (χ2n) is 7.32. The van der Waals surface area contributed by atoms with Gasteiger partial charge in [0.2, 0.25) is 11.6 Å². The fraction of sp³-hybridized carbons (Fsp3) is 0.120. The minimum absolute atomic E-state index is 0.0101. The molecule has 0 aliphatic carbocycles. The van der Waals surface area contributed by atoms with Crippen molar-refractivity contribution in [2.45, 2.75) is 6.61 Å². The van der Waals surface area contributed by atoms with Crippen molar-refractivity contribution in [2.75, 3.05) is 14.2 Å². The minimum Gasteiger partial charge on any atom is -0.493 e. The van der Waals surface area contributed by atoms with E-state index in [4.69, 9.17) is 18.9 Å². The molecule has 10 heteroatoms. The van der Waals surface area contributed by atoms with E-state index in [0.29, 0.717) is 33.9 Å². The maximum atomic E-state index is 13.5. The number of ether oxygens (including phenoxy) is 4. The number of cyclic esters (lactones) is 1. The highest BCUT2D eigenvalue weighted by atomic mass is 19.1. The van der Waals surface area contributed by atoms with Gasteiger partial charge in [-0.15, -0.1) is 0 Å². The third-order valence-electron chi connectivity index (χ3n) is 4.98. The molecular formula is C25H19FN2O7. The number of esters is 1. The highest BCUT2D eigenvalue weighted by Crippen LogP contribution is 2.40. The van der Waals surface area contributed by atoms with Gasteiger partial charge in [-0.2, -0.15) is 0 Å². The van der Waals surface area contributed by atoms with Crippen molar-refractivity contribution < 1.29 is 33.1 Å². The molecule has 0 radical (unpaired) electrons. The first-order valence-electron chi connectivity index (χ1n) is 10.3. The van der Waals surface area contributed by atoms with Crippen LogP contribution in [0.5, 0.6) is 17.2 Å². The van der Waals surface area contributed by atoms with E-state index >= 15 is 0 Å². The van der Waals surface area contributed by atoms with Gasteiger partial charge in [0.25, 0.3) is 5.69 Å². The predicted octanol–water partition coefficient (Wildman–Crippen LogP) is 4.67. The van der Waals surface area contributed by atoms with E-state index in [2.05, 4.69) is 4.99 Å². The average molecular weight is 478 g/mol. The van der Waals surface area contributed by atoms with E-state index in [1.165, 1.54) is 50.6 Å². The number of aliphatic imine (C=N–C) groups is 1. The van der Waals surface area contributed by atoms with Crippen LogP contribution in [0.1, 0.15) is 16.7 Å². The van der Waals surface area contributed by atoms with Crippen LogP contribution >= 0.6 is 0 Å². The molecule has 0 saturated carbocycles. The number of non-ortho nitro benzene ring substituents is 1. The van der Waals surface area contributed by atoms with Crippen LogP contribution in [0.25, 0.3) is 6.08 Å². The highest BCUT2D eigenvalue weighted by molar-refractivity contribution is 6.13. The fourth-order valence-electron chi connectivity index (χ4n) is 3.35. The third kappa shape index (κ3) is 5.27. The van der Waals surface area contributed by atoms with Gasteiger partial charge in [0.1, 0.15) is 12.4 Å². The Morgan fingerprint density at radius 2 is 1.77 bits per heavy atom. The summed E-state index contributed by atoms with van der Waals surface area (Å²) in [6.45, 7) is 0.0775. The number of methoxy groups -OCH3 is 2. The summed E-state index contributed by atoms with van der Waals surface area (Å²) in [6.07, 6.45) is 1.47. The van der Waals surface area contributed by atoms with Gasteiger partial charge in [0.15, 0.2) is 17.2 Å². The molecule has 0 fully saturated rings. The molecule has 0 unspecified atom stereocenters. The van der Waals surface area contributed by atoms with Crippen molar-refractivity contribution in [1.29, 1.82) is 0 Å². The lowest BCUT2D eigenvalue weighted by atomic mass is 10.1. The Morgan fingerprint density at radius 1 is 1.06 bits per heavy atom. The molecular weight excluding hydrogens is 459 g/mol. The number of nitro benzene ring substituents is 1. The molecule has 3 aromatic carbocycles. The molecule has 0 N–H and O–H groups in total. The molecule has 0 atom stereocenters. The van der Waals surface area contributed by atoms with Crippen molar-refractivity contribution in [1.82, 2.24) is 0 Å². The summed E-state index contributed by atoms with van der Waals surface area (Å²) in [4.78, 5) is 27.1.